The molecule has 0 aliphatic carbocycles. The number of amides is 1. The first-order chi connectivity index (χ1) is 12.6. The van der Waals surface area contributed by atoms with Gasteiger partial charge in [-0.05, 0) is 37.6 Å². The third-order valence-corrected chi connectivity index (χ3v) is 4.12. The van der Waals surface area contributed by atoms with Crippen LogP contribution in [0.4, 0.5) is 17.1 Å². The van der Waals surface area contributed by atoms with Crippen LogP contribution in [0.3, 0.4) is 0 Å². The first-order valence-electron chi connectivity index (χ1n) is 8.61. The number of benzene rings is 2. The van der Waals surface area contributed by atoms with Gasteiger partial charge >= 0.3 is 0 Å². The van der Waals surface area contributed by atoms with Crippen LogP contribution in [-0.2, 0) is 0 Å². The van der Waals surface area contributed by atoms with Crippen LogP contribution in [0.25, 0.3) is 0 Å². The van der Waals surface area contributed by atoms with Crippen LogP contribution in [0, 0.1) is 10.1 Å². The molecule has 0 fully saturated rings. The minimum atomic E-state index is -0.498. The van der Waals surface area contributed by atoms with Crippen molar-refractivity contribution >= 4 is 23.0 Å². The molecule has 1 amide bonds. The summed E-state index contributed by atoms with van der Waals surface area (Å²) in [4.78, 5) is 25.1. The first kappa shape index (κ1) is 19.2. The summed E-state index contributed by atoms with van der Waals surface area (Å²) in [6.07, 6.45) is 0.783. The summed E-state index contributed by atoms with van der Waals surface area (Å²) >= 11 is 0. The molecule has 0 spiro atoms. The van der Waals surface area contributed by atoms with Crippen molar-refractivity contribution in [2.24, 2.45) is 0 Å². The number of nitro groups is 1. The zero-order valence-corrected chi connectivity index (χ0v) is 15.1. The van der Waals surface area contributed by atoms with Crippen molar-refractivity contribution in [3.05, 3.63) is 64.2 Å². The van der Waals surface area contributed by atoms with E-state index in [0.29, 0.717) is 12.2 Å². The highest BCUT2D eigenvalue weighted by atomic mass is 16.6. The lowest BCUT2D eigenvalue weighted by molar-refractivity contribution is -0.384. The second-order valence-electron chi connectivity index (χ2n) is 5.76. The fraction of sp³-hybridized carbons (Fsp3) is 0.316. The number of anilines is 2. The summed E-state index contributed by atoms with van der Waals surface area (Å²) in [5.41, 5.74) is 1.71. The summed E-state index contributed by atoms with van der Waals surface area (Å²) in [5.74, 6) is -0.307. The Bertz CT molecular complexity index is 750. The number of hydrogen-bond acceptors (Lipinski definition) is 5. The molecule has 0 aliphatic heterocycles. The molecule has 26 heavy (non-hydrogen) atoms. The third kappa shape index (κ3) is 4.95. The molecule has 0 heterocycles. The molecular formula is C19H24N4O3. The molecular weight excluding hydrogens is 332 g/mol. The second-order valence-corrected chi connectivity index (χ2v) is 5.76. The monoisotopic (exact) mass is 356 g/mol. The van der Waals surface area contributed by atoms with Crippen LogP contribution in [0.15, 0.2) is 48.5 Å². The number of nitro benzene ring substituents is 1. The molecule has 0 radical (unpaired) electrons. The molecule has 7 heteroatoms. The van der Waals surface area contributed by atoms with E-state index in [2.05, 4.69) is 34.6 Å². The topological polar surface area (TPSA) is 87.5 Å². The lowest BCUT2D eigenvalue weighted by Crippen LogP contribution is -2.30. The minimum Gasteiger partial charge on any atom is -0.383 e. The van der Waals surface area contributed by atoms with E-state index in [1.54, 1.807) is 19.2 Å². The smallest absolute Gasteiger partial charge is 0.293 e. The normalized spacial score (nSPS) is 10.2. The van der Waals surface area contributed by atoms with Crippen molar-refractivity contribution in [2.75, 3.05) is 36.9 Å². The molecule has 7 nitrogen and oxygen atoms in total. The Labute approximate surface area is 153 Å². The molecule has 0 unspecified atom stereocenters. The fourth-order valence-electron chi connectivity index (χ4n) is 2.72. The summed E-state index contributed by atoms with van der Waals surface area (Å²) < 4.78 is 0. The van der Waals surface area contributed by atoms with Crippen LogP contribution in [0.1, 0.15) is 23.7 Å². The van der Waals surface area contributed by atoms with Crippen molar-refractivity contribution in [3.8, 4) is 0 Å². The number of nitrogens with one attached hydrogen (secondary N) is 2. The van der Waals surface area contributed by atoms with Crippen LogP contribution >= 0.6 is 0 Å². The Hall–Kier alpha value is -3.09. The van der Waals surface area contributed by atoms with Crippen molar-refractivity contribution < 1.29 is 9.72 Å². The number of hydrogen-bond donors (Lipinski definition) is 2. The summed E-state index contributed by atoms with van der Waals surface area (Å²) in [6, 6.07) is 14.5. The maximum absolute atomic E-state index is 12.2. The molecule has 2 N–H and O–H groups in total. The first-order valence-corrected chi connectivity index (χ1v) is 8.61. The van der Waals surface area contributed by atoms with E-state index in [9.17, 15) is 14.9 Å². The van der Waals surface area contributed by atoms with Gasteiger partial charge < -0.3 is 15.5 Å². The van der Waals surface area contributed by atoms with Gasteiger partial charge in [-0.2, -0.15) is 0 Å². The van der Waals surface area contributed by atoms with E-state index in [4.69, 9.17) is 0 Å². The molecule has 0 saturated heterocycles. The highest BCUT2D eigenvalue weighted by Gasteiger charge is 2.16. The Morgan fingerprint density at radius 2 is 1.92 bits per heavy atom. The molecule has 2 aromatic rings. The van der Waals surface area contributed by atoms with E-state index in [1.807, 2.05) is 18.2 Å². The largest absolute Gasteiger partial charge is 0.383 e. The van der Waals surface area contributed by atoms with Gasteiger partial charge in [0.15, 0.2) is 0 Å². The number of rotatable bonds is 9. The van der Waals surface area contributed by atoms with Crippen LogP contribution in [0.5, 0.6) is 0 Å². The highest BCUT2D eigenvalue weighted by Crippen LogP contribution is 2.24. The van der Waals surface area contributed by atoms with Crippen LogP contribution in [0.2, 0.25) is 0 Å². The van der Waals surface area contributed by atoms with Gasteiger partial charge in [0.05, 0.1) is 4.92 Å². The summed E-state index contributed by atoms with van der Waals surface area (Å²) in [7, 11) is 1.61. The molecule has 138 valence electrons. The van der Waals surface area contributed by atoms with Gasteiger partial charge in [0, 0.05) is 44.0 Å². The fourth-order valence-corrected chi connectivity index (χ4v) is 2.72. The van der Waals surface area contributed by atoms with Gasteiger partial charge in [-0.1, -0.05) is 18.2 Å². The third-order valence-electron chi connectivity index (χ3n) is 4.12. The van der Waals surface area contributed by atoms with Crippen LogP contribution in [-0.4, -0.2) is 37.5 Å². The maximum atomic E-state index is 12.2. The number of para-hydroxylation sites is 1. The number of nitrogens with zero attached hydrogens (tertiary/aromatic N) is 2. The maximum Gasteiger partial charge on any atom is 0.293 e. The van der Waals surface area contributed by atoms with Gasteiger partial charge in [-0.3, -0.25) is 14.9 Å². The average Bonchev–Trinajstić information content (AvgIpc) is 2.68. The molecule has 0 bridgehead atoms. The molecule has 2 rings (SSSR count). The lowest BCUT2D eigenvalue weighted by Gasteiger charge is -2.23. The minimum absolute atomic E-state index is 0.110. The van der Waals surface area contributed by atoms with E-state index in [1.165, 1.54) is 6.07 Å². The zero-order valence-electron chi connectivity index (χ0n) is 15.1. The summed E-state index contributed by atoms with van der Waals surface area (Å²) in [5, 5.41) is 16.7. The summed E-state index contributed by atoms with van der Waals surface area (Å²) in [6.45, 7) is 4.30. The molecule has 2 aromatic carbocycles. The van der Waals surface area contributed by atoms with Gasteiger partial charge in [-0.15, -0.1) is 0 Å². The van der Waals surface area contributed by atoms with Crippen molar-refractivity contribution in [2.45, 2.75) is 13.3 Å². The Morgan fingerprint density at radius 1 is 1.19 bits per heavy atom. The van der Waals surface area contributed by atoms with Gasteiger partial charge in [-0.25, -0.2) is 0 Å². The van der Waals surface area contributed by atoms with Crippen molar-refractivity contribution in [1.29, 1.82) is 0 Å². The van der Waals surface area contributed by atoms with E-state index < -0.39 is 4.92 Å². The van der Waals surface area contributed by atoms with Crippen LogP contribution < -0.4 is 15.5 Å². The standard InChI is InChI=1S/C19H24N4O3/c1-3-22(16-8-5-4-6-9-16)13-7-12-21-19(24)15-10-11-17(20-2)18(14-15)23(25)26/h4-6,8-11,14,20H,3,7,12-13H2,1-2H3,(H,21,24). The van der Waals surface area contributed by atoms with E-state index >= 15 is 0 Å². The average molecular weight is 356 g/mol. The Balaban J connectivity index is 1.89. The molecule has 0 aromatic heterocycles. The number of carbonyl (C=O) groups excluding carboxylic acids is 1. The van der Waals surface area contributed by atoms with Gasteiger partial charge in [0.2, 0.25) is 0 Å². The van der Waals surface area contributed by atoms with Crippen molar-refractivity contribution in [3.63, 3.8) is 0 Å². The van der Waals surface area contributed by atoms with Crippen molar-refractivity contribution in [1.82, 2.24) is 5.32 Å². The van der Waals surface area contributed by atoms with Gasteiger partial charge in [0.25, 0.3) is 11.6 Å². The highest BCUT2D eigenvalue weighted by molar-refractivity contribution is 5.95. The lowest BCUT2D eigenvalue weighted by atomic mass is 10.1. The Kier molecular flexibility index (Phi) is 6.96. The predicted molar refractivity (Wildman–Crippen MR) is 104 cm³/mol. The molecule has 0 aliphatic rings. The zero-order chi connectivity index (χ0) is 18.9. The number of carbonyl (C=O) groups is 1. The van der Waals surface area contributed by atoms with E-state index in [-0.39, 0.29) is 17.2 Å². The molecule has 0 atom stereocenters. The SMILES string of the molecule is CCN(CCCNC(=O)c1ccc(NC)c([N+](=O)[O-])c1)c1ccccc1. The molecule has 0 saturated carbocycles. The predicted octanol–water partition coefficient (Wildman–Crippen LogP) is 3.28. The quantitative estimate of drug-likeness (QED) is 0.409. The second kappa shape index (κ2) is 9.41. The van der Waals surface area contributed by atoms with Gasteiger partial charge in [0.1, 0.15) is 5.69 Å². The van der Waals surface area contributed by atoms with E-state index in [0.717, 1.165) is 25.2 Å². The Morgan fingerprint density at radius 3 is 2.54 bits per heavy atom.